The number of hydrogen-bond acceptors (Lipinski definition) is 7. The second-order valence-electron chi connectivity index (χ2n) is 8.98. The molecule has 4 heterocycles. The SMILES string of the molecule is CN1CCN(c2ccc(Nc3ncc4c(n3)N3c5ccccc5CC3C(=O)N4C)cc2)CC1. The first-order valence-electron chi connectivity index (χ1n) is 11.4. The summed E-state index contributed by atoms with van der Waals surface area (Å²) >= 11 is 0. The maximum absolute atomic E-state index is 13.0. The van der Waals surface area contributed by atoms with E-state index in [9.17, 15) is 4.79 Å². The molecule has 1 amide bonds. The molecule has 1 N–H and O–H groups in total. The number of aromatic nitrogens is 2. The van der Waals surface area contributed by atoms with E-state index < -0.39 is 0 Å². The van der Waals surface area contributed by atoms with Crippen molar-refractivity contribution in [1.29, 1.82) is 0 Å². The quantitative estimate of drug-likeness (QED) is 0.670. The summed E-state index contributed by atoms with van der Waals surface area (Å²) in [6.07, 6.45) is 2.43. The fraction of sp³-hybridized carbons (Fsp3) is 0.320. The topological polar surface area (TPSA) is 67.8 Å². The summed E-state index contributed by atoms with van der Waals surface area (Å²) < 4.78 is 0. The summed E-state index contributed by atoms with van der Waals surface area (Å²) in [5.41, 5.74) is 5.11. The molecule has 1 saturated heterocycles. The molecular weight excluding hydrogens is 414 g/mol. The van der Waals surface area contributed by atoms with E-state index in [0.717, 1.165) is 49.1 Å². The van der Waals surface area contributed by atoms with Gasteiger partial charge in [0.1, 0.15) is 11.7 Å². The summed E-state index contributed by atoms with van der Waals surface area (Å²) in [4.78, 5) is 30.9. The summed E-state index contributed by atoms with van der Waals surface area (Å²) in [6.45, 7) is 4.25. The number of benzene rings is 2. The van der Waals surface area contributed by atoms with Gasteiger partial charge in [0, 0.05) is 56.7 Å². The Morgan fingerprint density at radius 3 is 2.48 bits per heavy atom. The lowest BCUT2D eigenvalue weighted by Crippen LogP contribution is -2.49. The smallest absolute Gasteiger partial charge is 0.250 e. The van der Waals surface area contributed by atoms with Gasteiger partial charge in [-0.3, -0.25) is 4.79 Å². The summed E-state index contributed by atoms with van der Waals surface area (Å²) in [7, 11) is 3.97. The van der Waals surface area contributed by atoms with E-state index in [1.54, 1.807) is 18.1 Å². The van der Waals surface area contributed by atoms with Crippen molar-refractivity contribution >= 4 is 40.4 Å². The number of para-hydroxylation sites is 1. The first kappa shape index (κ1) is 20.0. The highest BCUT2D eigenvalue weighted by molar-refractivity contribution is 6.07. The summed E-state index contributed by atoms with van der Waals surface area (Å²) in [6, 6.07) is 16.3. The largest absolute Gasteiger partial charge is 0.369 e. The standard InChI is InChI=1S/C25H27N7O/c1-29-11-13-31(14-12-29)19-9-7-18(8-10-19)27-25-26-16-22-23(28-25)32-20-6-4-3-5-17(20)15-21(32)24(33)30(22)2/h3-10,16,21H,11-15H2,1-2H3,(H,26,27,28). The molecule has 0 aliphatic carbocycles. The van der Waals surface area contributed by atoms with Crippen molar-refractivity contribution in [3.05, 3.63) is 60.3 Å². The predicted molar refractivity (Wildman–Crippen MR) is 131 cm³/mol. The van der Waals surface area contributed by atoms with Gasteiger partial charge >= 0.3 is 0 Å². The van der Waals surface area contributed by atoms with Crippen LogP contribution in [-0.4, -0.2) is 67.1 Å². The van der Waals surface area contributed by atoms with Crippen molar-refractivity contribution in [2.75, 3.05) is 60.3 Å². The molecule has 1 unspecified atom stereocenters. The van der Waals surface area contributed by atoms with Crippen LogP contribution in [0.2, 0.25) is 0 Å². The van der Waals surface area contributed by atoms with Gasteiger partial charge in [-0.15, -0.1) is 0 Å². The second-order valence-corrected chi connectivity index (χ2v) is 8.98. The van der Waals surface area contributed by atoms with Gasteiger partial charge in [0.15, 0.2) is 5.82 Å². The van der Waals surface area contributed by atoms with Gasteiger partial charge in [0.25, 0.3) is 0 Å². The van der Waals surface area contributed by atoms with Gasteiger partial charge in [-0.2, -0.15) is 4.98 Å². The maximum atomic E-state index is 13.0. The summed E-state index contributed by atoms with van der Waals surface area (Å²) in [5, 5.41) is 3.34. The number of piperazine rings is 1. The molecule has 1 aromatic heterocycles. The minimum Gasteiger partial charge on any atom is -0.369 e. The van der Waals surface area contributed by atoms with Crippen LogP contribution in [0.3, 0.4) is 0 Å². The number of nitrogens with zero attached hydrogens (tertiary/aromatic N) is 6. The first-order valence-corrected chi connectivity index (χ1v) is 11.4. The normalized spacial score (nSPS) is 19.9. The van der Waals surface area contributed by atoms with Crippen LogP contribution in [0.4, 0.5) is 34.5 Å². The molecule has 6 rings (SSSR count). The van der Waals surface area contributed by atoms with E-state index in [1.807, 2.05) is 12.1 Å². The maximum Gasteiger partial charge on any atom is 0.250 e. The lowest BCUT2D eigenvalue weighted by molar-refractivity contribution is -0.119. The number of amides is 1. The van der Waals surface area contributed by atoms with Gasteiger partial charge in [0.2, 0.25) is 11.9 Å². The van der Waals surface area contributed by atoms with E-state index in [-0.39, 0.29) is 11.9 Å². The molecule has 0 saturated carbocycles. The van der Waals surface area contributed by atoms with Crippen molar-refractivity contribution in [3.63, 3.8) is 0 Å². The van der Waals surface area contributed by atoms with E-state index in [2.05, 4.69) is 68.4 Å². The van der Waals surface area contributed by atoms with Crippen molar-refractivity contribution in [2.24, 2.45) is 0 Å². The molecule has 0 radical (unpaired) electrons. The molecule has 2 aromatic carbocycles. The van der Waals surface area contributed by atoms with Crippen LogP contribution in [0.5, 0.6) is 0 Å². The van der Waals surface area contributed by atoms with E-state index in [1.165, 1.54) is 11.3 Å². The highest BCUT2D eigenvalue weighted by Gasteiger charge is 2.43. The monoisotopic (exact) mass is 441 g/mol. The second kappa shape index (κ2) is 7.74. The molecule has 168 valence electrons. The fourth-order valence-electron chi connectivity index (χ4n) is 4.98. The van der Waals surface area contributed by atoms with Crippen LogP contribution in [0.15, 0.2) is 54.7 Å². The summed E-state index contributed by atoms with van der Waals surface area (Å²) in [5.74, 6) is 1.35. The minimum atomic E-state index is -0.259. The van der Waals surface area contributed by atoms with E-state index in [0.29, 0.717) is 12.4 Å². The van der Waals surface area contributed by atoms with Gasteiger partial charge in [-0.05, 0) is 42.9 Å². The van der Waals surface area contributed by atoms with Crippen molar-refractivity contribution in [3.8, 4) is 0 Å². The van der Waals surface area contributed by atoms with Crippen LogP contribution >= 0.6 is 0 Å². The minimum absolute atomic E-state index is 0.0718. The van der Waals surface area contributed by atoms with Crippen molar-refractivity contribution < 1.29 is 4.79 Å². The average molecular weight is 442 g/mol. The number of likely N-dealkylation sites (N-methyl/N-ethyl adjacent to an activating group) is 2. The highest BCUT2D eigenvalue weighted by atomic mass is 16.2. The Bertz CT molecular complexity index is 1200. The predicted octanol–water partition coefficient (Wildman–Crippen LogP) is 3.01. The molecule has 3 aromatic rings. The zero-order valence-electron chi connectivity index (χ0n) is 18.9. The molecular formula is C25H27N7O. The lowest BCUT2D eigenvalue weighted by atomic mass is 10.1. The zero-order valence-corrected chi connectivity index (χ0v) is 18.9. The number of fused-ring (bicyclic) bond motifs is 5. The Balaban J connectivity index is 1.27. The Kier molecular flexibility index (Phi) is 4.69. The molecule has 1 fully saturated rings. The third-order valence-electron chi connectivity index (χ3n) is 6.92. The lowest BCUT2D eigenvalue weighted by Gasteiger charge is -2.36. The number of nitrogens with one attached hydrogen (secondary N) is 1. The third kappa shape index (κ3) is 3.38. The Morgan fingerprint density at radius 2 is 1.70 bits per heavy atom. The molecule has 8 heteroatoms. The number of carbonyl (C=O) groups is 1. The van der Waals surface area contributed by atoms with Gasteiger partial charge in [0.05, 0.1) is 6.20 Å². The van der Waals surface area contributed by atoms with Crippen LogP contribution in [0, 0.1) is 0 Å². The number of carbonyl (C=O) groups excluding carboxylic acids is 1. The van der Waals surface area contributed by atoms with Crippen LogP contribution in [-0.2, 0) is 11.2 Å². The highest BCUT2D eigenvalue weighted by Crippen LogP contribution is 2.45. The molecule has 33 heavy (non-hydrogen) atoms. The Hall–Kier alpha value is -3.65. The molecule has 0 bridgehead atoms. The molecule has 8 nitrogen and oxygen atoms in total. The third-order valence-corrected chi connectivity index (χ3v) is 6.92. The molecule has 3 aliphatic rings. The number of hydrogen-bond donors (Lipinski definition) is 1. The van der Waals surface area contributed by atoms with Crippen molar-refractivity contribution in [1.82, 2.24) is 14.9 Å². The number of rotatable bonds is 3. The van der Waals surface area contributed by atoms with Gasteiger partial charge in [-0.25, -0.2) is 4.98 Å². The van der Waals surface area contributed by atoms with Crippen LogP contribution in [0.25, 0.3) is 0 Å². The fourth-order valence-corrected chi connectivity index (χ4v) is 4.98. The first-order chi connectivity index (χ1) is 16.1. The van der Waals surface area contributed by atoms with Gasteiger partial charge in [-0.1, -0.05) is 18.2 Å². The van der Waals surface area contributed by atoms with Gasteiger partial charge < -0.3 is 24.9 Å². The Labute approximate surface area is 193 Å². The molecule has 0 spiro atoms. The van der Waals surface area contributed by atoms with Crippen LogP contribution in [0.1, 0.15) is 5.56 Å². The van der Waals surface area contributed by atoms with Crippen molar-refractivity contribution in [2.45, 2.75) is 12.5 Å². The number of anilines is 6. The molecule has 1 atom stereocenters. The zero-order chi connectivity index (χ0) is 22.5. The van der Waals surface area contributed by atoms with E-state index >= 15 is 0 Å². The molecule has 3 aliphatic heterocycles. The van der Waals surface area contributed by atoms with Crippen LogP contribution < -0.4 is 20.0 Å². The van der Waals surface area contributed by atoms with E-state index in [4.69, 9.17) is 4.98 Å². The average Bonchev–Trinajstić information content (AvgIpc) is 3.24. The Morgan fingerprint density at radius 1 is 0.939 bits per heavy atom.